The van der Waals surface area contributed by atoms with Gasteiger partial charge in [0.1, 0.15) is 0 Å². The van der Waals surface area contributed by atoms with Crippen LogP contribution >= 0.6 is 11.6 Å². The summed E-state index contributed by atoms with van der Waals surface area (Å²) in [4.78, 5) is 4.13. The van der Waals surface area contributed by atoms with Crippen molar-refractivity contribution in [3.63, 3.8) is 0 Å². The number of pyridine rings is 1. The van der Waals surface area contributed by atoms with Crippen LogP contribution in [0.5, 0.6) is 0 Å². The predicted molar refractivity (Wildman–Crippen MR) is 68.1 cm³/mol. The topological polar surface area (TPSA) is 37.0 Å². The lowest BCUT2D eigenvalue weighted by molar-refractivity contribution is 0.390. The Bertz CT molecular complexity index is 348. The Labute approximate surface area is 102 Å². The Morgan fingerprint density at radius 2 is 2.25 bits per heavy atom. The van der Waals surface area contributed by atoms with Crippen LogP contribution in [0.1, 0.15) is 18.4 Å². The van der Waals surface area contributed by atoms with E-state index in [1.54, 1.807) is 6.20 Å². The van der Waals surface area contributed by atoms with Crippen molar-refractivity contribution >= 4 is 17.3 Å². The Hall–Kier alpha value is -0.800. The first kappa shape index (κ1) is 11.7. The van der Waals surface area contributed by atoms with Crippen molar-refractivity contribution in [3.8, 4) is 0 Å². The Balaban J connectivity index is 1.90. The summed E-state index contributed by atoms with van der Waals surface area (Å²) in [6, 6.07) is 2.05. The van der Waals surface area contributed by atoms with Gasteiger partial charge in [-0.2, -0.15) is 0 Å². The van der Waals surface area contributed by atoms with Crippen LogP contribution in [-0.2, 0) is 0 Å². The SMILES string of the molecule is Cc1cnc(Cl)c(NCC2CCNCC2)c1. The highest BCUT2D eigenvalue weighted by Crippen LogP contribution is 2.21. The molecule has 0 aromatic carbocycles. The first-order valence-electron chi connectivity index (χ1n) is 5.82. The number of anilines is 1. The zero-order valence-electron chi connectivity index (χ0n) is 9.59. The second-order valence-electron chi connectivity index (χ2n) is 4.43. The van der Waals surface area contributed by atoms with Crippen molar-refractivity contribution < 1.29 is 0 Å². The molecule has 1 aromatic rings. The van der Waals surface area contributed by atoms with Crippen LogP contribution in [0.15, 0.2) is 12.3 Å². The van der Waals surface area contributed by atoms with E-state index in [9.17, 15) is 0 Å². The van der Waals surface area contributed by atoms with E-state index in [4.69, 9.17) is 11.6 Å². The largest absolute Gasteiger partial charge is 0.382 e. The van der Waals surface area contributed by atoms with Gasteiger partial charge in [0.2, 0.25) is 0 Å². The van der Waals surface area contributed by atoms with Crippen LogP contribution in [0.2, 0.25) is 5.15 Å². The van der Waals surface area contributed by atoms with Gasteiger partial charge in [0.25, 0.3) is 0 Å². The summed E-state index contributed by atoms with van der Waals surface area (Å²) >= 11 is 6.03. The summed E-state index contributed by atoms with van der Waals surface area (Å²) in [5.41, 5.74) is 2.09. The van der Waals surface area contributed by atoms with Crippen LogP contribution in [0.4, 0.5) is 5.69 Å². The number of nitrogens with zero attached hydrogens (tertiary/aromatic N) is 1. The third-order valence-electron chi connectivity index (χ3n) is 3.02. The van der Waals surface area contributed by atoms with E-state index in [1.165, 1.54) is 12.8 Å². The van der Waals surface area contributed by atoms with Crippen molar-refractivity contribution in [2.75, 3.05) is 25.0 Å². The number of piperidine rings is 1. The molecule has 0 bridgehead atoms. The van der Waals surface area contributed by atoms with Crippen LogP contribution in [-0.4, -0.2) is 24.6 Å². The number of aryl methyl sites for hydroxylation is 1. The molecule has 2 heterocycles. The molecular formula is C12H18ClN3. The van der Waals surface area contributed by atoms with Gasteiger partial charge >= 0.3 is 0 Å². The van der Waals surface area contributed by atoms with Crippen molar-refractivity contribution in [1.29, 1.82) is 0 Å². The number of hydrogen-bond donors (Lipinski definition) is 2. The maximum atomic E-state index is 6.03. The highest BCUT2D eigenvalue weighted by Gasteiger charge is 2.13. The molecule has 16 heavy (non-hydrogen) atoms. The maximum Gasteiger partial charge on any atom is 0.152 e. The van der Waals surface area contributed by atoms with Gasteiger partial charge < -0.3 is 10.6 Å². The fraction of sp³-hybridized carbons (Fsp3) is 0.583. The summed E-state index contributed by atoms with van der Waals surface area (Å²) in [6.07, 6.45) is 4.27. The van der Waals surface area contributed by atoms with Crippen LogP contribution in [0.3, 0.4) is 0 Å². The molecule has 1 fully saturated rings. The second-order valence-corrected chi connectivity index (χ2v) is 4.78. The number of aromatic nitrogens is 1. The Morgan fingerprint density at radius 1 is 1.50 bits per heavy atom. The van der Waals surface area contributed by atoms with E-state index >= 15 is 0 Å². The minimum Gasteiger partial charge on any atom is -0.382 e. The number of hydrogen-bond acceptors (Lipinski definition) is 3. The molecule has 0 amide bonds. The summed E-state index contributed by atoms with van der Waals surface area (Å²) in [5.74, 6) is 0.748. The van der Waals surface area contributed by atoms with Crippen LogP contribution in [0, 0.1) is 12.8 Å². The van der Waals surface area contributed by atoms with Gasteiger partial charge in [-0.3, -0.25) is 0 Å². The van der Waals surface area contributed by atoms with E-state index in [-0.39, 0.29) is 0 Å². The average Bonchev–Trinajstić information content (AvgIpc) is 2.32. The standard InChI is InChI=1S/C12H18ClN3/c1-9-6-11(12(13)16-7-9)15-8-10-2-4-14-5-3-10/h6-7,10,14-15H,2-5,8H2,1H3. The molecule has 0 atom stereocenters. The lowest BCUT2D eigenvalue weighted by Gasteiger charge is -2.23. The van der Waals surface area contributed by atoms with Gasteiger partial charge in [-0.05, 0) is 50.4 Å². The summed E-state index contributed by atoms with van der Waals surface area (Å²) in [6.45, 7) is 5.28. The molecule has 88 valence electrons. The molecule has 1 aliphatic rings. The molecule has 2 rings (SSSR count). The molecular weight excluding hydrogens is 222 g/mol. The third kappa shape index (κ3) is 3.09. The minimum atomic E-state index is 0.569. The molecule has 1 aromatic heterocycles. The van der Waals surface area contributed by atoms with Crippen molar-refractivity contribution in [3.05, 3.63) is 23.0 Å². The van der Waals surface area contributed by atoms with Crippen molar-refractivity contribution in [1.82, 2.24) is 10.3 Å². The molecule has 0 radical (unpaired) electrons. The number of rotatable bonds is 3. The number of nitrogens with one attached hydrogen (secondary N) is 2. The molecule has 0 unspecified atom stereocenters. The van der Waals surface area contributed by atoms with Crippen molar-refractivity contribution in [2.24, 2.45) is 5.92 Å². The third-order valence-corrected chi connectivity index (χ3v) is 3.32. The number of halogens is 1. The van der Waals surface area contributed by atoms with E-state index < -0.39 is 0 Å². The fourth-order valence-corrected chi connectivity index (χ4v) is 2.19. The highest BCUT2D eigenvalue weighted by molar-refractivity contribution is 6.31. The normalized spacial score (nSPS) is 17.4. The summed E-state index contributed by atoms with van der Waals surface area (Å²) in [7, 11) is 0. The van der Waals surface area contributed by atoms with Crippen LogP contribution in [0.25, 0.3) is 0 Å². The van der Waals surface area contributed by atoms with Crippen LogP contribution < -0.4 is 10.6 Å². The Kier molecular flexibility index (Phi) is 4.02. The molecule has 1 saturated heterocycles. The molecule has 0 spiro atoms. The lowest BCUT2D eigenvalue weighted by Crippen LogP contribution is -2.31. The smallest absolute Gasteiger partial charge is 0.152 e. The quantitative estimate of drug-likeness (QED) is 0.796. The second kappa shape index (κ2) is 5.51. The van der Waals surface area contributed by atoms with Gasteiger partial charge in [0, 0.05) is 12.7 Å². The molecule has 0 saturated carbocycles. The summed E-state index contributed by atoms with van der Waals surface area (Å²) < 4.78 is 0. The first-order valence-corrected chi connectivity index (χ1v) is 6.20. The molecule has 1 aliphatic heterocycles. The zero-order chi connectivity index (χ0) is 11.4. The molecule has 4 heteroatoms. The molecule has 2 N–H and O–H groups in total. The van der Waals surface area contributed by atoms with E-state index in [0.717, 1.165) is 36.8 Å². The molecule has 3 nitrogen and oxygen atoms in total. The minimum absolute atomic E-state index is 0.569. The van der Waals surface area contributed by atoms with Gasteiger partial charge in [0.15, 0.2) is 5.15 Å². The van der Waals surface area contributed by atoms with E-state index in [2.05, 4.69) is 21.7 Å². The maximum absolute atomic E-state index is 6.03. The Morgan fingerprint density at radius 3 is 3.00 bits per heavy atom. The van der Waals surface area contributed by atoms with E-state index in [0.29, 0.717) is 5.15 Å². The predicted octanol–water partition coefficient (Wildman–Crippen LogP) is 2.45. The molecule has 0 aliphatic carbocycles. The van der Waals surface area contributed by atoms with Gasteiger partial charge in [-0.25, -0.2) is 4.98 Å². The van der Waals surface area contributed by atoms with Gasteiger partial charge in [-0.15, -0.1) is 0 Å². The van der Waals surface area contributed by atoms with Gasteiger partial charge in [-0.1, -0.05) is 11.6 Å². The van der Waals surface area contributed by atoms with Crippen molar-refractivity contribution in [2.45, 2.75) is 19.8 Å². The average molecular weight is 240 g/mol. The zero-order valence-corrected chi connectivity index (χ0v) is 10.3. The highest BCUT2D eigenvalue weighted by atomic mass is 35.5. The lowest BCUT2D eigenvalue weighted by atomic mass is 9.98. The monoisotopic (exact) mass is 239 g/mol. The van der Waals surface area contributed by atoms with E-state index in [1.807, 2.05) is 6.92 Å². The first-order chi connectivity index (χ1) is 7.75. The van der Waals surface area contributed by atoms with Gasteiger partial charge in [0.05, 0.1) is 5.69 Å². The summed E-state index contributed by atoms with van der Waals surface area (Å²) in [5, 5.41) is 7.34. The fourth-order valence-electron chi connectivity index (χ4n) is 2.02.